The lowest BCUT2D eigenvalue weighted by atomic mass is 9.99. The van der Waals surface area contributed by atoms with Crippen LogP contribution in [-0.4, -0.2) is 24.1 Å². The molecule has 8 heteroatoms. The van der Waals surface area contributed by atoms with Gasteiger partial charge in [0.1, 0.15) is 35.2 Å². The monoisotopic (exact) mass is 598 g/mol. The highest BCUT2D eigenvalue weighted by Gasteiger charge is 2.47. The molecular weight excluding hydrogens is 564 g/mol. The topological polar surface area (TPSA) is 72.0 Å². The second-order valence-electron chi connectivity index (χ2n) is 10.4. The van der Waals surface area contributed by atoms with Gasteiger partial charge in [0.15, 0.2) is 0 Å². The van der Waals surface area contributed by atoms with Gasteiger partial charge in [0.2, 0.25) is 16.0 Å². The Hall–Kier alpha value is -3.93. The minimum absolute atomic E-state index is 0.0201. The van der Waals surface area contributed by atoms with Crippen molar-refractivity contribution in [1.82, 2.24) is 9.97 Å². The molecular formula is C34H34FN3O2PS+. The summed E-state index contributed by atoms with van der Waals surface area (Å²) in [6.07, 6.45) is 0.589. The summed E-state index contributed by atoms with van der Waals surface area (Å²) in [6.45, 7) is 5.66. The van der Waals surface area contributed by atoms with Crippen LogP contribution in [0.1, 0.15) is 37.9 Å². The molecule has 4 aromatic carbocycles. The van der Waals surface area contributed by atoms with Crippen LogP contribution in [0.25, 0.3) is 11.3 Å². The first kappa shape index (κ1) is 29.6. The van der Waals surface area contributed by atoms with E-state index in [0.29, 0.717) is 17.4 Å². The fraction of sp³-hybridized carbons (Fsp3) is 0.176. The number of anilines is 1. The number of rotatable bonds is 10. The number of aromatic nitrogens is 2. The van der Waals surface area contributed by atoms with Crippen molar-refractivity contribution in [3.8, 4) is 11.3 Å². The molecule has 214 valence electrons. The lowest BCUT2D eigenvalue weighted by Gasteiger charge is -2.29. The van der Waals surface area contributed by atoms with Crippen molar-refractivity contribution in [1.29, 1.82) is 0 Å². The first-order valence-corrected chi connectivity index (χ1v) is 17.6. The molecule has 5 aromatic rings. The first-order chi connectivity index (χ1) is 20.2. The summed E-state index contributed by atoms with van der Waals surface area (Å²) in [4.78, 5) is 9.62. The van der Waals surface area contributed by atoms with Gasteiger partial charge in [-0.05, 0) is 73.5 Å². The molecule has 0 amide bonds. The zero-order chi connectivity index (χ0) is 29.7. The zero-order valence-electron chi connectivity index (χ0n) is 23.9. The van der Waals surface area contributed by atoms with Crippen LogP contribution in [-0.2, 0) is 16.2 Å². The van der Waals surface area contributed by atoms with Crippen LogP contribution in [0.3, 0.4) is 0 Å². The van der Waals surface area contributed by atoms with E-state index in [1.54, 1.807) is 19.1 Å². The van der Waals surface area contributed by atoms with E-state index in [-0.39, 0.29) is 23.4 Å². The Bertz CT molecular complexity index is 1650. The smallest absolute Gasteiger partial charge is 0.237 e. The number of nitrogens with zero attached hydrogens (tertiary/aromatic N) is 2. The molecule has 0 radical (unpaired) electrons. The van der Waals surface area contributed by atoms with E-state index in [4.69, 9.17) is 9.97 Å². The number of sulfonamides is 1. The molecule has 0 unspecified atom stereocenters. The van der Waals surface area contributed by atoms with Gasteiger partial charge in [0.05, 0.1) is 17.1 Å². The molecule has 0 fully saturated rings. The van der Waals surface area contributed by atoms with Crippen LogP contribution in [0.4, 0.5) is 10.3 Å². The molecule has 42 heavy (non-hydrogen) atoms. The third kappa shape index (κ3) is 6.13. The Morgan fingerprint density at radius 2 is 1.21 bits per heavy atom. The highest BCUT2D eigenvalue weighted by Crippen LogP contribution is 2.59. The van der Waals surface area contributed by atoms with Crippen molar-refractivity contribution in [2.24, 2.45) is 0 Å². The summed E-state index contributed by atoms with van der Waals surface area (Å²) in [5.41, 5.74) is 2.96. The van der Waals surface area contributed by atoms with Gasteiger partial charge >= 0.3 is 0 Å². The fourth-order valence-electron chi connectivity index (χ4n) is 5.24. The Labute approximate surface area is 248 Å². The predicted octanol–water partition coefficient (Wildman–Crippen LogP) is 6.66. The maximum absolute atomic E-state index is 14.1. The van der Waals surface area contributed by atoms with E-state index in [2.05, 4.69) is 77.5 Å². The molecule has 5 rings (SSSR count). The van der Waals surface area contributed by atoms with Crippen molar-refractivity contribution in [2.45, 2.75) is 32.9 Å². The third-order valence-corrected chi connectivity index (χ3v) is 12.9. The highest BCUT2D eigenvalue weighted by atomic mass is 32.2. The second kappa shape index (κ2) is 12.5. The van der Waals surface area contributed by atoms with Gasteiger partial charge in [-0.3, -0.25) is 4.72 Å². The fourth-order valence-corrected chi connectivity index (χ4v) is 10.0. The van der Waals surface area contributed by atoms with E-state index in [1.807, 2.05) is 32.0 Å². The van der Waals surface area contributed by atoms with Gasteiger partial charge in [-0.15, -0.1) is 0 Å². The quantitative estimate of drug-likeness (QED) is 0.183. The molecule has 0 bridgehead atoms. The van der Waals surface area contributed by atoms with Crippen LogP contribution in [0.15, 0.2) is 115 Å². The number of benzene rings is 4. The van der Waals surface area contributed by atoms with Gasteiger partial charge in [0.25, 0.3) is 0 Å². The summed E-state index contributed by atoms with van der Waals surface area (Å²) in [5.74, 6) is -0.487. The van der Waals surface area contributed by atoms with Crippen LogP contribution >= 0.6 is 7.26 Å². The molecule has 0 spiro atoms. The van der Waals surface area contributed by atoms with E-state index >= 15 is 0 Å². The van der Waals surface area contributed by atoms with Gasteiger partial charge in [-0.2, -0.15) is 0 Å². The van der Waals surface area contributed by atoms with Crippen molar-refractivity contribution in [3.63, 3.8) is 0 Å². The van der Waals surface area contributed by atoms with E-state index < -0.39 is 17.3 Å². The van der Waals surface area contributed by atoms with Gasteiger partial charge in [-0.25, -0.2) is 22.8 Å². The predicted molar refractivity (Wildman–Crippen MR) is 173 cm³/mol. The van der Waals surface area contributed by atoms with E-state index in [9.17, 15) is 12.8 Å². The highest BCUT2D eigenvalue weighted by molar-refractivity contribution is 7.95. The molecule has 1 N–H and O–H groups in total. The van der Waals surface area contributed by atoms with E-state index in [0.717, 1.165) is 11.3 Å². The Balaban J connectivity index is 1.86. The number of hydrogen-bond donors (Lipinski definition) is 1. The summed E-state index contributed by atoms with van der Waals surface area (Å²) in [7, 11) is -5.98. The Morgan fingerprint density at radius 3 is 1.64 bits per heavy atom. The first-order valence-electron chi connectivity index (χ1n) is 14.0. The molecule has 0 saturated heterocycles. The van der Waals surface area contributed by atoms with Crippen LogP contribution < -0.4 is 20.6 Å². The second-order valence-corrected chi connectivity index (χ2v) is 15.9. The normalized spacial score (nSPS) is 11.9. The van der Waals surface area contributed by atoms with Crippen molar-refractivity contribution >= 4 is 39.1 Å². The average Bonchev–Trinajstić information content (AvgIpc) is 3.01. The van der Waals surface area contributed by atoms with Gasteiger partial charge in [-0.1, -0.05) is 68.4 Å². The molecule has 0 aliphatic heterocycles. The van der Waals surface area contributed by atoms with Gasteiger partial charge < -0.3 is 0 Å². The van der Waals surface area contributed by atoms with Crippen LogP contribution in [0.5, 0.6) is 0 Å². The standard InChI is InChI=1S/C34H34FN3O2PS/c1-4-42(39,40)38-34-36-32(25(2)3)31(33(37-34)26-20-22-27(35)23-21-26)24-41(28-14-8-5-9-15-28,29-16-10-6-11-17-29)30-18-12-7-13-19-30/h5-23,25H,4,24H2,1-3H3,(H,36,37,38)/q+1. The van der Waals surface area contributed by atoms with Crippen LogP contribution in [0.2, 0.25) is 0 Å². The summed E-state index contributed by atoms with van der Waals surface area (Å²) < 4.78 is 41.8. The minimum atomic E-state index is -3.63. The van der Waals surface area contributed by atoms with Crippen molar-refractivity contribution in [3.05, 3.63) is 132 Å². The lowest BCUT2D eigenvalue weighted by Crippen LogP contribution is -2.33. The lowest BCUT2D eigenvalue weighted by molar-refractivity contribution is 0.602. The largest absolute Gasteiger partial charge is 0.251 e. The molecule has 5 nitrogen and oxygen atoms in total. The summed E-state index contributed by atoms with van der Waals surface area (Å²) in [6, 6.07) is 37.8. The number of halogens is 1. The van der Waals surface area contributed by atoms with Crippen molar-refractivity contribution in [2.75, 3.05) is 10.5 Å². The Morgan fingerprint density at radius 1 is 0.738 bits per heavy atom. The number of hydrogen-bond acceptors (Lipinski definition) is 4. The molecule has 0 aliphatic rings. The summed E-state index contributed by atoms with van der Waals surface area (Å²) in [5, 5.41) is 3.62. The maximum atomic E-state index is 14.1. The van der Waals surface area contributed by atoms with Crippen molar-refractivity contribution < 1.29 is 12.8 Å². The molecule has 1 heterocycles. The maximum Gasteiger partial charge on any atom is 0.237 e. The number of nitrogens with one attached hydrogen (secondary N) is 1. The molecule has 1 aromatic heterocycles. The van der Waals surface area contributed by atoms with Gasteiger partial charge in [0, 0.05) is 11.1 Å². The van der Waals surface area contributed by atoms with E-state index in [1.165, 1.54) is 28.0 Å². The third-order valence-electron chi connectivity index (χ3n) is 7.32. The minimum Gasteiger partial charge on any atom is -0.251 e. The average molecular weight is 599 g/mol. The SMILES string of the molecule is CCS(=O)(=O)Nc1nc(-c2ccc(F)cc2)c(C[P+](c2ccccc2)(c2ccccc2)c2ccccc2)c(C(C)C)n1. The Kier molecular flexibility index (Phi) is 8.81. The van der Waals surface area contributed by atoms with Crippen LogP contribution in [0, 0.1) is 5.82 Å². The molecule has 0 atom stereocenters. The molecule has 0 aliphatic carbocycles. The molecule has 0 saturated carbocycles. The summed E-state index contributed by atoms with van der Waals surface area (Å²) >= 11 is 0. The zero-order valence-corrected chi connectivity index (χ0v) is 25.6.